The van der Waals surface area contributed by atoms with Crippen LogP contribution in [0.3, 0.4) is 0 Å². The van der Waals surface area contributed by atoms with E-state index in [0.717, 1.165) is 33.9 Å². The predicted octanol–water partition coefficient (Wildman–Crippen LogP) is 16.1. The highest BCUT2D eigenvalue weighted by Crippen LogP contribution is 2.52. The number of hydrogen-bond donors (Lipinski definition) is 0. The molecule has 0 bridgehead atoms. The molecule has 3 heteroatoms. The van der Waals surface area contributed by atoms with Gasteiger partial charge in [-0.1, -0.05) is 153 Å². The van der Waals surface area contributed by atoms with E-state index in [1.807, 2.05) is 12.1 Å². The third-order valence-corrected chi connectivity index (χ3v) is 12.6. The molecule has 11 rings (SSSR count). The summed E-state index contributed by atoms with van der Waals surface area (Å²) in [6.45, 7) is 12.3. The maximum absolute atomic E-state index is 7.58. The Kier molecular flexibility index (Phi) is 8.55. The van der Waals surface area contributed by atoms with E-state index in [1.165, 1.54) is 66.3 Å². The van der Waals surface area contributed by atoms with Crippen LogP contribution in [0, 0.1) is 6.57 Å². The molecule has 0 spiro atoms. The Labute approximate surface area is 356 Å². The van der Waals surface area contributed by atoms with Gasteiger partial charge >= 0.3 is 0 Å². The van der Waals surface area contributed by atoms with Gasteiger partial charge in [0.2, 0.25) is 0 Å². The maximum atomic E-state index is 7.58. The summed E-state index contributed by atoms with van der Waals surface area (Å²) in [6.07, 6.45) is 0. The highest BCUT2D eigenvalue weighted by atomic mass is 15.1. The minimum atomic E-state index is -0.187. The van der Waals surface area contributed by atoms with Crippen LogP contribution >= 0.6 is 0 Å². The van der Waals surface area contributed by atoms with Crippen molar-refractivity contribution in [3.8, 4) is 50.2 Å². The molecule has 1 aliphatic rings. The van der Waals surface area contributed by atoms with Gasteiger partial charge in [-0.2, -0.15) is 0 Å². The molecular weight excluding hydrogens is 739 g/mol. The van der Waals surface area contributed by atoms with Crippen LogP contribution in [-0.4, -0.2) is 4.57 Å². The van der Waals surface area contributed by atoms with E-state index < -0.39 is 0 Å². The Hall–Kier alpha value is -7.93. The lowest BCUT2D eigenvalue weighted by molar-refractivity contribution is 0.660. The molecule has 1 heterocycles. The lowest BCUT2D eigenvalue weighted by atomic mass is 9.81. The fourth-order valence-electron chi connectivity index (χ4n) is 9.46. The van der Waals surface area contributed by atoms with Crippen LogP contribution in [0.25, 0.3) is 76.8 Å². The van der Waals surface area contributed by atoms with Crippen molar-refractivity contribution in [3.63, 3.8) is 0 Å². The zero-order valence-electron chi connectivity index (χ0n) is 34.0. The van der Waals surface area contributed by atoms with E-state index >= 15 is 0 Å². The molecule has 0 aliphatic heterocycles. The molecule has 0 amide bonds. The summed E-state index contributed by atoms with van der Waals surface area (Å²) in [5.41, 5.74) is 19.6. The van der Waals surface area contributed by atoms with E-state index in [-0.39, 0.29) is 5.41 Å². The van der Waals surface area contributed by atoms with Crippen LogP contribution in [0.4, 0.5) is 22.7 Å². The molecular formula is C58H41N3. The number of para-hydroxylation sites is 2. The number of rotatable bonds is 7. The molecule has 0 saturated carbocycles. The van der Waals surface area contributed by atoms with E-state index in [0.29, 0.717) is 5.69 Å². The van der Waals surface area contributed by atoms with Crippen LogP contribution in [0.5, 0.6) is 0 Å². The first-order valence-electron chi connectivity index (χ1n) is 20.9. The van der Waals surface area contributed by atoms with Crippen molar-refractivity contribution in [1.29, 1.82) is 0 Å². The SMILES string of the molecule is [C-]#[N+]c1ccc(N(c2ccc(-c3ccc(-c4ccc5c(c4)c4ccccc4n5-c4ccccc4)cc3)cc2)c2ccc3c(c2)C(C)(C)c2cc(-c4ccccc4)ccc2-3)cc1. The second-order valence-electron chi connectivity index (χ2n) is 16.5. The zero-order chi connectivity index (χ0) is 41.1. The molecule has 0 fully saturated rings. The third kappa shape index (κ3) is 6.12. The summed E-state index contributed by atoms with van der Waals surface area (Å²) in [7, 11) is 0. The standard InChI is InChI=1S/C58H41N3/c1-58(2)54-37-44(39-12-6-4-7-13-39)24-33-50(54)51-34-32-49(38-55(51)58)60(48-30-26-45(59-3)27-31-48)47-28-22-41(23-29-47)40-18-20-42(21-19-40)43-25-35-57-53(36-43)52-16-10-11-17-56(52)61(57)46-14-8-5-9-15-46/h4-38H,1-2H3. The molecule has 10 aromatic rings. The van der Waals surface area contributed by atoms with Crippen LogP contribution in [-0.2, 0) is 5.41 Å². The lowest BCUT2D eigenvalue weighted by Gasteiger charge is -2.28. The average Bonchev–Trinajstić information content (AvgIpc) is 3.77. The van der Waals surface area contributed by atoms with Gasteiger partial charge in [-0.15, -0.1) is 0 Å². The lowest BCUT2D eigenvalue weighted by Crippen LogP contribution is -2.16. The van der Waals surface area contributed by atoms with Gasteiger partial charge in [-0.05, 0) is 128 Å². The monoisotopic (exact) mass is 779 g/mol. The molecule has 0 N–H and O–H groups in total. The van der Waals surface area contributed by atoms with Gasteiger partial charge < -0.3 is 9.47 Å². The van der Waals surface area contributed by atoms with E-state index in [4.69, 9.17) is 6.57 Å². The molecule has 0 atom stereocenters. The molecule has 1 aromatic heterocycles. The Morgan fingerprint density at radius 3 is 1.57 bits per heavy atom. The van der Waals surface area contributed by atoms with Gasteiger partial charge in [0.05, 0.1) is 17.6 Å². The molecule has 0 saturated heterocycles. The molecule has 288 valence electrons. The Morgan fingerprint density at radius 1 is 0.410 bits per heavy atom. The van der Waals surface area contributed by atoms with Crippen LogP contribution < -0.4 is 4.90 Å². The van der Waals surface area contributed by atoms with Gasteiger partial charge in [0.1, 0.15) is 0 Å². The summed E-state index contributed by atoms with van der Waals surface area (Å²) in [5.74, 6) is 0. The van der Waals surface area contributed by atoms with Crippen molar-refractivity contribution in [1.82, 2.24) is 4.57 Å². The normalized spacial score (nSPS) is 12.5. The van der Waals surface area contributed by atoms with Crippen molar-refractivity contribution >= 4 is 44.6 Å². The van der Waals surface area contributed by atoms with Crippen molar-refractivity contribution in [3.05, 3.63) is 235 Å². The quantitative estimate of drug-likeness (QED) is 0.147. The number of aromatic nitrogens is 1. The maximum Gasteiger partial charge on any atom is 0.187 e. The topological polar surface area (TPSA) is 12.5 Å². The van der Waals surface area contributed by atoms with E-state index in [9.17, 15) is 0 Å². The van der Waals surface area contributed by atoms with Crippen molar-refractivity contribution < 1.29 is 0 Å². The minimum absolute atomic E-state index is 0.187. The first-order valence-corrected chi connectivity index (χ1v) is 20.9. The minimum Gasteiger partial charge on any atom is -0.311 e. The summed E-state index contributed by atoms with van der Waals surface area (Å²) in [4.78, 5) is 5.98. The number of benzene rings is 9. The number of nitrogens with zero attached hydrogens (tertiary/aromatic N) is 3. The second kappa shape index (κ2) is 14.4. The van der Waals surface area contributed by atoms with Gasteiger partial charge in [-0.25, -0.2) is 4.85 Å². The summed E-state index contributed by atoms with van der Waals surface area (Å²) >= 11 is 0. The fourth-order valence-corrected chi connectivity index (χ4v) is 9.46. The Bertz CT molecular complexity index is 3300. The van der Waals surface area contributed by atoms with Gasteiger partial charge in [0.15, 0.2) is 5.69 Å². The summed E-state index contributed by atoms with van der Waals surface area (Å²) in [5, 5.41) is 2.50. The van der Waals surface area contributed by atoms with Crippen LogP contribution in [0.15, 0.2) is 212 Å². The largest absolute Gasteiger partial charge is 0.311 e. The van der Waals surface area contributed by atoms with E-state index in [1.54, 1.807) is 0 Å². The van der Waals surface area contributed by atoms with Crippen molar-refractivity contribution in [2.45, 2.75) is 19.3 Å². The van der Waals surface area contributed by atoms with Crippen LogP contribution in [0.1, 0.15) is 25.0 Å². The smallest absolute Gasteiger partial charge is 0.187 e. The fraction of sp³-hybridized carbons (Fsp3) is 0.0517. The molecule has 3 nitrogen and oxygen atoms in total. The first-order chi connectivity index (χ1) is 29.9. The Balaban J connectivity index is 0.917. The van der Waals surface area contributed by atoms with Gasteiger partial charge in [0, 0.05) is 38.9 Å². The van der Waals surface area contributed by atoms with E-state index in [2.05, 4.69) is 228 Å². The zero-order valence-corrected chi connectivity index (χ0v) is 34.0. The van der Waals surface area contributed by atoms with Crippen LogP contribution in [0.2, 0.25) is 0 Å². The number of fused-ring (bicyclic) bond motifs is 6. The Morgan fingerprint density at radius 2 is 0.885 bits per heavy atom. The third-order valence-electron chi connectivity index (χ3n) is 12.6. The van der Waals surface area contributed by atoms with Gasteiger partial charge in [0.25, 0.3) is 0 Å². The summed E-state index contributed by atoms with van der Waals surface area (Å²) < 4.78 is 2.36. The van der Waals surface area contributed by atoms with Crippen molar-refractivity contribution in [2.24, 2.45) is 0 Å². The molecule has 0 radical (unpaired) electrons. The molecule has 1 aliphatic carbocycles. The van der Waals surface area contributed by atoms with Crippen molar-refractivity contribution in [2.75, 3.05) is 4.90 Å². The highest BCUT2D eigenvalue weighted by Gasteiger charge is 2.36. The predicted molar refractivity (Wildman–Crippen MR) is 256 cm³/mol. The molecule has 0 unspecified atom stereocenters. The first kappa shape index (κ1) is 36.2. The summed E-state index contributed by atoms with van der Waals surface area (Å²) in [6, 6.07) is 76.2. The number of anilines is 3. The highest BCUT2D eigenvalue weighted by molar-refractivity contribution is 6.10. The molecule has 61 heavy (non-hydrogen) atoms. The van der Waals surface area contributed by atoms with Gasteiger partial charge in [-0.3, -0.25) is 0 Å². The molecule has 9 aromatic carbocycles. The average molecular weight is 780 g/mol. The number of hydrogen-bond acceptors (Lipinski definition) is 1. The second-order valence-corrected chi connectivity index (χ2v) is 16.5.